The minimum Gasteiger partial charge on any atom is -0.496 e. The molecule has 0 spiro atoms. The average Bonchev–Trinajstić information content (AvgIpc) is 2.92. The van der Waals surface area contributed by atoms with Gasteiger partial charge in [0, 0.05) is 17.7 Å². The topological polar surface area (TPSA) is 103 Å². The van der Waals surface area contributed by atoms with Gasteiger partial charge >= 0.3 is 0 Å². The Balaban J connectivity index is 2.06. The Morgan fingerprint density at radius 3 is 2.76 bits per heavy atom. The minimum absolute atomic E-state index is 0.163. The molecule has 1 aromatic carbocycles. The lowest BCUT2D eigenvalue weighted by molar-refractivity contribution is -0.123. The second kappa shape index (κ2) is 6.64. The predicted molar refractivity (Wildman–Crippen MR) is 75.5 cm³/mol. The first-order valence-corrected chi connectivity index (χ1v) is 6.68. The smallest absolute Gasteiger partial charge is 0.239 e. The Kier molecular flexibility index (Phi) is 4.87. The average molecular weight is 296 g/mol. The highest BCUT2D eigenvalue weighted by Crippen LogP contribution is 2.38. The van der Waals surface area contributed by atoms with Crippen molar-refractivity contribution in [3.8, 4) is 17.2 Å². The number of fused-ring (bicyclic) bond motifs is 1. The first-order valence-electron chi connectivity index (χ1n) is 6.68. The van der Waals surface area contributed by atoms with Crippen LogP contribution in [0.15, 0.2) is 12.1 Å². The predicted octanol–water partition coefficient (Wildman–Crippen LogP) is -0.209. The standard InChI is InChI=1S/C14H20N2O5/c1-8(16-14(18)10(15)6-17)3-9-4-12-13(21-7-20-12)5-11(9)19-2/h4-5,8,10,17H,3,6-7,15H2,1-2H3,(H,16,18). The zero-order chi connectivity index (χ0) is 15.4. The van der Waals surface area contributed by atoms with E-state index in [4.69, 9.17) is 25.1 Å². The molecule has 0 radical (unpaired) electrons. The number of aliphatic hydroxyl groups is 1. The summed E-state index contributed by atoms with van der Waals surface area (Å²) in [6, 6.07) is 2.54. The summed E-state index contributed by atoms with van der Waals surface area (Å²) < 4.78 is 16.0. The van der Waals surface area contributed by atoms with E-state index in [0.29, 0.717) is 23.7 Å². The second-order valence-electron chi connectivity index (χ2n) is 4.92. The highest BCUT2D eigenvalue weighted by Gasteiger charge is 2.20. The quantitative estimate of drug-likeness (QED) is 0.671. The summed E-state index contributed by atoms with van der Waals surface area (Å²) in [6.45, 7) is 1.66. The van der Waals surface area contributed by atoms with E-state index in [0.717, 1.165) is 5.56 Å². The van der Waals surface area contributed by atoms with Crippen molar-refractivity contribution in [1.82, 2.24) is 5.32 Å². The van der Waals surface area contributed by atoms with Gasteiger partial charge in [-0.05, 0) is 19.4 Å². The molecule has 0 aromatic heterocycles. The molecule has 7 nitrogen and oxygen atoms in total. The molecule has 0 bridgehead atoms. The number of carbonyl (C=O) groups is 1. The molecule has 1 aliphatic heterocycles. The van der Waals surface area contributed by atoms with Crippen LogP contribution in [-0.2, 0) is 11.2 Å². The van der Waals surface area contributed by atoms with E-state index in [2.05, 4.69) is 5.32 Å². The lowest BCUT2D eigenvalue weighted by Gasteiger charge is -2.18. The van der Waals surface area contributed by atoms with E-state index < -0.39 is 6.04 Å². The van der Waals surface area contributed by atoms with Gasteiger partial charge in [-0.1, -0.05) is 0 Å². The maximum Gasteiger partial charge on any atom is 0.239 e. The summed E-state index contributed by atoms with van der Waals surface area (Å²) in [4.78, 5) is 11.6. The monoisotopic (exact) mass is 296 g/mol. The van der Waals surface area contributed by atoms with Crippen molar-refractivity contribution < 1.29 is 24.1 Å². The van der Waals surface area contributed by atoms with Crippen molar-refractivity contribution >= 4 is 5.91 Å². The summed E-state index contributed by atoms with van der Waals surface area (Å²) in [5.74, 6) is 1.60. The van der Waals surface area contributed by atoms with Gasteiger partial charge in [-0.2, -0.15) is 0 Å². The van der Waals surface area contributed by atoms with Gasteiger partial charge in [0.05, 0.1) is 13.7 Å². The van der Waals surface area contributed by atoms with Crippen molar-refractivity contribution in [3.05, 3.63) is 17.7 Å². The zero-order valence-electron chi connectivity index (χ0n) is 12.1. The number of methoxy groups -OCH3 is 1. The van der Waals surface area contributed by atoms with Crippen LogP contribution in [0.1, 0.15) is 12.5 Å². The van der Waals surface area contributed by atoms with Gasteiger partial charge in [0.15, 0.2) is 11.5 Å². The SMILES string of the molecule is COc1cc2c(cc1CC(C)NC(=O)C(N)CO)OCO2. The summed E-state index contributed by atoms with van der Waals surface area (Å²) in [5.41, 5.74) is 6.36. The van der Waals surface area contributed by atoms with Gasteiger partial charge in [-0.15, -0.1) is 0 Å². The molecule has 0 saturated heterocycles. The molecule has 1 amide bonds. The fraction of sp³-hybridized carbons (Fsp3) is 0.500. The van der Waals surface area contributed by atoms with Crippen LogP contribution in [0.3, 0.4) is 0 Å². The Bertz CT molecular complexity index is 520. The van der Waals surface area contributed by atoms with E-state index in [1.54, 1.807) is 13.2 Å². The Morgan fingerprint density at radius 1 is 1.48 bits per heavy atom. The number of rotatable bonds is 6. The van der Waals surface area contributed by atoms with Crippen LogP contribution in [0.25, 0.3) is 0 Å². The van der Waals surface area contributed by atoms with Crippen LogP contribution in [0.4, 0.5) is 0 Å². The summed E-state index contributed by atoms with van der Waals surface area (Å²) in [7, 11) is 1.58. The molecule has 0 aliphatic carbocycles. The van der Waals surface area contributed by atoms with Gasteiger partial charge < -0.3 is 30.4 Å². The molecule has 0 saturated carbocycles. The van der Waals surface area contributed by atoms with E-state index in [9.17, 15) is 4.79 Å². The van der Waals surface area contributed by atoms with Crippen LogP contribution in [0.2, 0.25) is 0 Å². The number of ether oxygens (including phenoxy) is 3. The molecular weight excluding hydrogens is 276 g/mol. The fourth-order valence-electron chi connectivity index (χ4n) is 2.13. The van der Waals surface area contributed by atoms with Crippen LogP contribution in [0, 0.1) is 0 Å². The number of hydrogen-bond donors (Lipinski definition) is 3. The highest BCUT2D eigenvalue weighted by atomic mass is 16.7. The molecule has 1 aliphatic rings. The van der Waals surface area contributed by atoms with E-state index in [1.807, 2.05) is 13.0 Å². The van der Waals surface area contributed by atoms with Gasteiger partial charge in [0.25, 0.3) is 0 Å². The minimum atomic E-state index is -0.911. The lowest BCUT2D eigenvalue weighted by Crippen LogP contribution is -2.46. The zero-order valence-corrected chi connectivity index (χ0v) is 12.1. The van der Waals surface area contributed by atoms with E-state index in [-0.39, 0.29) is 25.3 Å². The normalized spacial score (nSPS) is 15.4. The third kappa shape index (κ3) is 3.56. The van der Waals surface area contributed by atoms with Crippen molar-refractivity contribution in [1.29, 1.82) is 0 Å². The third-order valence-electron chi connectivity index (χ3n) is 3.22. The van der Waals surface area contributed by atoms with Crippen molar-refractivity contribution in [2.75, 3.05) is 20.5 Å². The number of benzene rings is 1. The number of amides is 1. The molecule has 7 heteroatoms. The van der Waals surface area contributed by atoms with E-state index >= 15 is 0 Å². The van der Waals surface area contributed by atoms with Crippen LogP contribution < -0.4 is 25.3 Å². The molecule has 0 fully saturated rings. The Hall–Kier alpha value is -1.99. The molecule has 116 valence electrons. The molecular formula is C14H20N2O5. The van der Waals surface area contributed by atoms with Gasteiger partial charge in [0.1, 0.15) is 11.8 Å². The van der Waals surface area contributed by atoms with Crippen molar-refractivity contribution in [2.24, 2.45) is 5.73 Å². The summed E-state index contributed by atoms with van der Waals surface area (Å²) >= 11 is 0. The number of carbonyl (C=O) groups excluding carboxylic acids is 1. The highest BCUT2D eigenvalue weighted by molar-refractivity contribution is 5.81. The first-order chi connectivity index (χ1) is 10.0. The lowest BCUT2D eigenvalue weighted by atomic mass is 10.0. The number of aliphatic hydroxyl groups excluding tert-OH is 1. The number of nitrogens with two attached hydrogens (primary N) is 1. The molecule has 1 aromatic rings. The van der Waals surface area contributed by atoms with E-state index in [1.165, 1.54) is 0 Å². The van der Waals surface area contributed by atoms with Crippen LogP contribution in [0.5, 0.6) is 17.2 Å². The maximum atomic E-state index is 11.6. The van der Waals surface area contributed by atoms with Crippen molar-refractivity contribution in [3.63, 3.8) is 0 Å². The molecule has 2 atom stereocenters. The van der Waals surface area contributed by atoms with Crippen LogP contribution in [-0.4, -0.2) is 43.6 Å². The second-order valence-corrected chi connectivity index (χ2v) is 4.92. The number of nitrogens with one attached hydrogen (secondary N) is 1. The largest absolute Gasteiger partial charge is 0.496 e. The van der Waals surface area contributed by atoms with Crippen LogP contribution >= 0.6 is 0 Å². The first kappa shape index (κ1) is 15.4. The number of hydrogen-bond acceptors (Lipinski definition) is 6. The molecule has 1 heterocycles. The summed E-state index contributed by atoms with van der Waals surface area (Å²) in [5, 5.41) is 11.6. The molecule has 4 N–H and O–H groups in total. The molecule has 21 heavy (non-hydrogen) atoms. The molecule has 2 unspecified atom stereocenters. The van der Waals surface area contributed by atoms with Gasteiger partial charge in [-0.25, -0.2) is 0 Å². The van der Waals surface area contributed by atoms with Gasteiger partial charge in [0.2, 0.25) is 12.7 Å². The molecule has 2 rings (SSSR count). The third-order valence-corrected chi connectivity index (χ3v) is 3.22. The fourth-order valence-corrected chi connectivity index (χ4v) is 2.13. The van der Waals surface area contributed by atoms with Gasteiger partial charge in [-0.3, -0.25) is 4.79 Å². The van der Waals surface area contributed by atoms with Crippen molar-refractivity contribution in [2.45, 2.75) is 25.4 Å². The Morgan fingerprint density at radius 2 is 2.14 bits per heavy atom. The Labute approximate surface area is 123 Å². The maximum absolute atomic E-state index is 11.6. The summed E-state index contributed by atoms with van der Waals surface area (Å²) in [6.07, 6.45) is 0.545.